The van der Waals surface area contributed by atoms with E-state index in [0.717, 1.165) is 0 Å². The SMILES string of the molecule is OCC1OC(OCC2OC(OCCc3ccc(O)c(O)c3)C(O)C(O)C2O)C(O)C(O)C1O. The van der Waals surface area contributed by atoms with E-state index in [2.05, 4.69) is 0 Å². The van der Waals surface area contributed by atoms with Crippen molar-refractivity contribution in [2.45, 2.75) is 67.8 Å². The zero-order valence-electron chi connectivity index (χ0n) is 17.5. The monoisotopic (exact) mass is 478 g/mol. The van der Waals surface area contributed by atoms with Crippen molar-refractivity contribution in [3.8, 4) is 11.5 Å². The van der Waals surface area contributed by atoms with Gasteiger partial charge >= 0.3 is 0 Å². The first kappa shape index (κ1) is 26.0. The van der Waals surface area contributed by atoms with E-state index in [1.807, 2.05) is 0 Å². The van der Waals surface area contributed by atoms with Crippen LogP contribution in [-0.4, -0.2) is 127 Å². The average molecular weight is 478 g/mol. The predicted octanol–water partition coefficient (Wildman–Crippen LogP) is -3.72. The van der Waals surface area contributed by atoms with Gasteiger partial charge in [-0.15, -0.1) is 0 Å². The number of phenols is 2. The molecule has 2 aliphatic rings. The lowest BCUT2D eigenvalue weighted by Gasteiger charge is -2.42. The summed E-state index contributed by atoms with van der Waals surface area (Å²) in [7, 11) is 0. The summed E-state index contributed by atoms with van der Waals surface area (Å²) in [6.45, 7) is -1.11. The summed E-state index contributed by atoms with van der Waals surface area (Å²) in [4.78, 5) is 0. The van der Waals surface area contributed by atoms with E-state index in [-0.39, 0.29) is 24.5 Å². The second-order valence-corrected chi connectivity index (χ2v) is 7.99. The Labute approximate surface area is 188 Å². The van der Waals surface area contributed by atoms with Gasteiger partial charge in [0.25, 0.3) is 0 Å². The molecule has 0 aromatic heterocycles. The van der Waals surface area contributed by atoms with Crippen LogP contribution in [0.25, 0.3) is 0 Å². The van der Waals surface area contributed by atoms with E-state index in [1.54, 1.807) is 6.07 Å². The van der Waals surface area contributed by atoms with Crippen molar-refractivity contribution >= 4 is 0 Å². The van der Waals surface area contributed by atoms with Crippen LogP contribution in [0.1, 0.15) is 5.56 Å². The average Bonchev–Trinajstić information content (AvgIpc) is 2.80. The number of benzene rings is 1. The molecule has 0 saturated carbocycles. The minimum atomic E-state index is -1.66. The van der Waals surface area contributed by atoms with Crippen LogP contribution in [0.3, 0.4) is 0 Å². The molecule has 2 fully saturated rings. The van der Waals surface area contributed by atoms with Gasteiger partial charge in [0.1, 0.15) is 48.8 Å². The van der Waals surface area contributed by atoms with Crippen LogP contribution < -0.4 is 0 Å². The molecule has 2 saturated heterocycles. The molecule has 9 N–H and O–H groups in total. The van der Waals surface area contributed by atoms with Crippen molar-refractivity contribution in [3.05, 3.63) is 23.8 Å². The van der Waals surface area contributed by atoms with Crippen molar-refractivity contribution < 1.29 is 64.9 Å². The second-order valence-electron chi connectivity index (χ2n) is 7.99. The number of phenolic OH excluding ortho intramolecular Hbond substituents is 2. The standard InChI is InChI=1S/C20H30O13/c21-6-11-13(24)15(26)18(29)20(32-11)31-7-12-14(25)16(27)17(28)19(33-12)30-4-3-8-1-2-9(22)10(23)5-8/h1-2,5,11-29H,3-4,6-7H2. The summed E-state index contributed by atoms with van der Waals surface area (Å²) < 4.78 is 21.5. The van der Waals surface area contributed by atoms with Gasteiger partial charge in [0.05, 0.1) is 19.8 Å². The maximum Gasteiger partial charge on any atom is 0.186 e. The predicted molar refractivity (Wildman–Crippen MR) is 106 cm³/mol. The number of aliphatic hydroxyl groups is 7. The highest BCUT2D eigenvalue weighted by Crippen LogP contribution is 2.27. The fourth-order valence-electron chi connectivity index (χ4n) is 3.60. The molecule has 13 nitrogen and oxygen atoms in total. The Balaban J connectivity index is 1.55. The largest absolute Gasteiger partial charge is 0.504 e. The lowest BCUT2D eigenvalue weighted by molar-refractivity contribution is -0.331. The van der Waals surface area contributed by atoms with Crippen molar-refractivity contribution in [1.82, 2.24) is 0 Å². The van der Waals surface area contributed by atoms with Crippen molar-refractivity contribution in [2.75, 3.05) is 19.8 Å². The van der Waals surface area contributed by atoms with Crippen LogP contribution in [0.15, 0.2) is 18.2 Å². The normalized spacial score (nSPS) is 39.5. The summed E-state index contributed by atoms with van der Waals surface area (Å²) in [6, 6.07) is 4.21. The molecule has 3 rings (SSSR count). The van der Waals surface area contributed by atoms with Crippen molar-refractivity contribution in [2.24, 2.45) is 0 Å². The molecular weight excluding hydrogens is 448 g/mol. The number of aromatic hydroxyl groups is 2. The van der Waals surface area contributed by atoms with Gasteiger partial charge in [-0.25, -0.2) is 0 Å². The minimum absolute atomic E-state index is 0.00492. The molecule has 10 unspecified atom stereocenters. The highest BCUT2D eigenvalue weighted by atomic mass is 16.7. The molecule has 1 aromatic carbocycles. The molecule has 13 heteroatoms. The summed E-state index contributed by atoms with van der Waals surface area (Å²) in [5, 5.41) is 88.3. The molecule has 0 radical (unpaired) electrons. The highest BCUT2D eigenvalue weighted by molar-refractivity contribution is 5.40. The quantitative estimate of drug-likeness (QED) is 0.164. The summed E-state index contributed by atoms with van der Waals surface area (Å²) in [5.74, 6) is -0.574. The van der Waals surface area contributed by atoms with Crippen LogP contribution in [0.2, 0.25) is 0 Å². The third kappa shape index (κ3) is 5.90. The van der Waals surface area contributed by atoms with E-state index < -0.39 is 74.6 Å². The van der Waals surface area contributed by atoms with Gasteiger partial charge < -0.3 is 64.9 Å². The lowest BCUT2D eigenvalue weighted by Crippen LogP contribution is -2.61. The molecule has 0 spiro atoms. The first-order valence-corrected chi connectivity index (χ1v) is 10.4. The van der Waals surface area contributed by atoms with Crippen LogP contribution in [0.4, 0.5) is 0 Å². The van der Waals surface area contributed by atoms with Gasteiger partial charge in [-0.2, -0.15) is 0 Å². The fourth-order valence-corrected chi connectivity index (χ4v) is 3.60. The van der Waals surface area contributed by atoms with Crippen LogP contribution in [0.5, 0.6) is 11.5 Å². The summed E-state index contributed by atoms with van der Waals surface area (Å²) in [5.41, 5.74) is 0.624. The Kier molecular flexibility index (Phi) is 8.82. The Hall–Kier alpha value is -1.62. The molecular formula is C20H30O13. The third-order valence-corrected chi connectivity index (χ3v) is 5.65. The Morgan fingerprint density at radius 3 is 1.88 bits per heavy atom. The summed E-state index contributed by atoms with van der Waals surface area (Å²) in [6.07, 6.45) is -14.7. The molecule has 0 bridgehead atoms. The maximum absolute atomic E-state index is 10.2. The fraction of sp³-hybridized carbons (Fsp3) is 0.700. The molecule has 1 aromatic rings. The van der Waals surface area contributed by atoms with Gasteiger partial charge in [0.15, 0.2) is 24.1 Å². The van der Waals surface area contributed by atoms with E-state index in [9.17, 15) is 46.0 Å². The van der Waals surface area contributed by atoms with Crippen LogP contribution >= 0.6 is 0 Å². The van der Waals surface area contributed by atoms with E-state index >= 15 is 0 Å². The lowest BCUT2D eigenvalue weighted by atomic mass is 9.98. The number of hydrogen-bond acceptors (Lipinski definition) is 13. The number of ether oxygens (including phenoxy) is 4. The molecule has 0 aliphatic carbocycles. The van der Waals surface area contributed by atoms with Crippen molar-refractivity contribution in [1.29, 1.82) is 0 Å². The first-order chi connectivity index (χ1) is 15.6. The molecule has 0 amide bonds. The van der Waals surface area contributed by atoms with Crippen LogP contribution in [0, 0.1) is 0 Å². The number of hydrogen-bond donors (Lipinski definition) is 9. The molecule has 2 aliphatic heterocycles. The molecule has 2 heterocycles. The van der Waals surface area contributed by atoms with E-state index in [1.165, 1.54) is 12.1 Å². The van der Waals surface area contributed by atoms with Gasteiger partial charge in [-0.3, -0.25) is 0 Å². The van der Waals surface area contributed by atoms with Crippen LogP contribution in [-0.2, 0) is 25.4 Å². The van der Waals surface area contributed by atoms with Gasteiger partial charge in [-0.05, 0) is 24.1 Å². The first-order valence-electron chi connectivity index (χ1n) is 10.4. The zero-order chi connectivity index (χ0) is 24.3. The van der Waals surface area contributed by atoms with Gasteiger partial charge in [0, 0.05) is 0 Å². The topological polar surface area (TPSA) is 219 Å². The third-order valence-electron chi connectivity index (χ3n) is 5.65. The smallest absolute Gasteiger partial charge is 0.186 e. The minimum Gasteiger partial charge on any atom is -0.504 e. The van der Waals surface area contributed by atoms with E-state index in [4.69, 9.17) is 18.9 Å². The van der Waals surface area contributed by atoms with Crippen molar-refractivity contribution in [3.63, 3.8) is 0 Å². The van der Waals surface area contributed by atoms with E-state index in [0.29, 0.717) is 5.56 Å². The molecule has 188 valence electrons. The van der Waals surface area contributed by atoms with Gasteiger partial charge in [0.2, 0.25) is 0 Å². The number of rotatable bonds is 8. The Morgan fingerprint density at radius 1 is 0.697 bits per heavy atom. The highest BCUT2D eigenvalue weighted by Gasteiger charge is 2.47. The second kappa shape index (κ2) is 11.2. The maximum atomic E-state index is 10.2. The number of aliphatic hydroxyl groups excluding tert-OH is 7. The molecule has 10 atom stereocenters. The summed E-state index contributed by atoms with van der Waals surface area (Å²) >= 11 is 0. The Morgan fingerprint density at radius 2 is 1.27 bits per heavy atom. The van der Waals surface area contributed by atoms with Gasteiger partial charge in [-0.1, -0.05) is 6.07 Å². The molecule has 33 heavy (non-hydrogen) atoms. The Bertz CT molecular complexity index is 761. The zero-order valence-corrected chi connectivity index (χ0v) is 17.5.